The van der Waals surface area contributed by atoms with E-state index in [0.29, 0.717) is 13.1 Å². The van der Waals surface area contributed by atoms with Crippen LogP contribution in [0, 0.1) is 5.21 Å². The fourth-order valence-electron chi connectivity index (χ4n) is 1.61. The summed E-state index contributed by atoms with van der Waals surface area (Å²) in [5, 5.41) is 20.2. The number of aliphatic hydroxyl groups excluding tert-OH is 1. The topological polar surface area (TPSA) is 43.3 Å². The summed E-state index contributed by atoms with van der Waals surface area (Å²) in [5.74, 6) is 0. The van der Waals surface area contributed by atoms with Crippen molar-refractivity contribution in [3.63, 3.8) is 0 Å². The van der Waals surface area contributed by atoms with Crippen LogP contribution in [-0.2, 0) is 0 Å². The van der Waals surface area contributed by atoms with Gasteiger partial charge in [-0.25, -0.2) is 0 Å². The highest BCUT2D eigenvalue weighted by molar-refractivity contribution is 4.63. The molecule has 0 aromatic rings. The van der Waals surface area contributed by atoms with E-state index >= 15 is 0 Å². The van der Waals surface area contributed by atoms with Crippen LogP contribution in [0.15, 0.2) is 0 Å². The van der Waals surface area contributed by atoms with E-state index in [-0.39, 0.29) is 17.3 Å². The van der Waals surface area contributed by atoms with Crippen molar-refractivity contribution in [1.82, 2.24) is 0 Å². The van der Waals surface area contributed by atoms with Gasteiger partial charge in [0.15, 0.2) is 0 Å². The minimum Gasteiger partial charge on any atom is -0.633 e. The van der Waals surface area contributed by atoms with Crippen molar-refractivity contribution in [3.05, 3.63) is 5.21 Å². The standard InChI is InChI=1S/C7H15NO2/c1-7-3-2-4-8(7,10)5-6-9/h7,9H,2-6H2,1H3/t7-,8?/m1/s1. The van der Waals surface area contributed by atoms with E-state index in [4.69, 9.17) is 5.11 Å². The lowest BCUT2D eigenvalue weighted by Gasteiger charge is -2.42. The number of hydrogen-bond donors (Lipinski definition) is 1. The van der Waals surface area contributed by atoms with Crippen LogP contribution in [0.5, 0.6) is 0 Å². The highest BCUT2D eigenvalue weighted by Gasteiger charge is 2.29. The molecule has 1 aliphatic rings. The first-order valence-electron chi connectivity index (χ1n) is 3.88. The maximum atomic E-state index is 11.6. The molecule has 0 saturated carbocycles. The summed E-state index contributed by atoms with van der Waals surface area (Å²) >= 11 is 0. The summed E-state index contributed by atoms with van der Waals surface area (Å²) < 4.78 is -0.170. The lowest BCUT2D eigenvalue weighted by atomic mass is 10.2. The molecule has 3 nitrogen and oxygen atoms in total. The van der Waals surface area contributed by atoms with Crippen molar-refractivity contribution in [2.24, 2.45) is 0 Å². The Morgan fingerprint density at radius 3 is 2.80 bits per heavy atom. The largest absolute Gasteiger partial charge is 0.633 e. The Morgan fingerprint density at radius 2 is 2.40 bits per heavy atom. The second kappa shape index (κ2) is 2.86. The fraction of sp³-hybridized carbons (Fsp3) is 1.00. The molecular weight excluding hydrogens is 130 g/mol. The zero-order valence-electron chi connectivity index (χ0n) is 6.42. The zero-order chi connectivity index (χ0) is 7.61. The molecule has 2 atom stereocenters. The molecule has 10 heavy (non-hydrogen) atoms. The Balaban J connectivity index is 2.48. The van der Waals surface area contributed by atoms with Gasteiger partial charge in [0.2, 0.25) is 0 Å². The summed E-state index contributed by atoms with van der Waals surface area (Å²) in [6.45, 7) is 3.06. The van der Waals surface area contributed by atoms with Gasteiger partial charge in [-0.05, 0) is 6.92 Å². The maximum Gasteiger partial charge on any atom is 0.102 e. The van der Waals surface area contributed by atoms with Crippen molar-refractivity contribution in [3.8, 4) is 0 Å². The molecule has 0 radical (unpaired) electrons. The minimum absolute atomic E-state index is 0.0217. The Kier molecular flexibility index (Phi) is 2.28. The fourth-order valence-corrected chi connectivity index (χ4v) is 1.61. The van der Waals surface area contributed by atoms with Gasteiger partial charge in [0, 0.05) is 12.8 Å². The van der Waals surface area contributed by atoms with Gasteiger partial charge in [-0.3, -0.25) is 0 Å². The smallest absolute Gasteiger partial charge is 0.102 e. The summed E-state index contributed by atoms with van der Waals surface area (Å²) in [6.07, 6.45) is 2.04. The molecule has 0 aromatic carbocycles. The molecule has 1 saturated heterocycles. The molecule has 1 heterocycles. The van der Waals surface area contributed by atoms with E-state index in [1.165, 1.54) is 0 Å². The normalized spacial score (nSPS) is 40.5. The van der Waals surface area contributed by atoms with Gasteiger partial charge in [-0.1, -0.05) is 0 Å². The average molecular weight is 145 g/mol. The van der Waals surface area contributed by atoms with Crippen molar-refractivity contribution >= 4 is 0 Å². The molecule has 0 aromatic heterocycles. The van der Waals surface area contributed by atoms with Crippen molar-refractivity contribution in [2.75, 3.05) is 19.7 Å². The zero-order valence-corrected chi connectivity index (χ0v) is 6.42. The molecule has 0 spiro atoms. The predicted molar refractivity (Wildman–Crippen MR) is 39.1 cm³/mol. The first-order chi connectivity index (χ1) is 4.69. The number of nitrogens with zero attached hydrogens (tertiary/aromatic N) is 1. The van der Waals surface area contributed by atoms with Gasteiger partial charge in [-0.15, -0.1) is 0 Å². The molecule has 1 N–H and O–H groups in total. The summed E-state index contributed by atoms with van der Waals surface area (Å²) in [6, 6.07) is 0.201. The van der Waals surface area contributed by atoms with Crippen LogP contribution >= 0.6 is 0 Å². The molecule has 1 fully saturated rings. The Bertz CT molecular complexity index is 118. The Hall–Kier alpha value is -0.120. The number of aliphatic hydroxyl groups is 1. The van der Waals surface area contributed by atoms with Gasteiger partial charge >= 0.3 is 0 Å². The number of quaternary nitrogens is 1. The highest BCUT2D eigenvalue weighted by Crippen LogP contribution is 2.24. The number of likely N-dealkylation sites (tertiary alicyclic amines) is 1. The lowest BCUT2D eigenvalue weighted by molar-refractivity contribution is -0.890. The average Bonchev–Trinajstić information content (AvgIpc) is 2.15. The molecule has 0 amide bonds. The second-order valence-electron chi connectivity index (χ2n) is 3.11. The van der Waals surface area contributed by atoms with Crippen LogP contribution < -0.4 is 0 Å². The first-order valence-corrected chi connectivity index (χ1v) is 3.88. The molecule has 0 bridgehead atoms. The number of hydrogen-bond acceptors (Lipinski definition) is 2. The van der Waals surface area contributed by atoms with Gasteiger partial charge in [-0.2, -0.15) is 0 Å². The van der Waals surface area contributed by atoms with Crippen molar-refractivity contribution < 1.29 is 9.75 Å². The van der Waals surface area contributed by atoms with E-state index in [1.54, 1.807) is 0 Å². The molecule has 0 aliphatic carbocycles. The van der Waals surface area contributed by atoms with E-state index in [2.05, 4.69) is 0 Å². The third-order valence-corrected chi connectivity index (χ3v) is 2.44. The van der Waals surface area contributed by atoms with E-state index in [9.17, 15) is 5.21 Å². The molecular formula is C7H15NO2. The number of rotatable bonds is 2. The first kappa shape index (κ1) is 7.98. The lowest BCUT2D eigenvalue weighted by Crippen LogP contribution is -2.46. The van der Waals surface area contributed by atoms with Crippen LogP contribution in [-0.4, -0.2) is 35.5 Å². The predicted octanol–water partition coefficient (Wildman–Crippen LogP) is 0.476. The second-order valence-corrected chi connectivity index (χ2v) is 3.11. The Morgan fingerprint density at radius 1 is 1.70 bits per heavy atom. The summed E-state index contributed by atoms with van der Waals surface area (Å²) in [5.41, 5.74) is 0. The SMILES string of the molecule is C[C@@H]1CCC[N+]1([O-])CCO. The molecule has 1 unspecified atom stereocenters. The molecule has 3 heteroatoms. The van der Waals surface area contributed by atoms with E-state index in [1.807, 2.05) is 6.92 Å². The molecule has 60 valence electrons. The van der Waals surface area contributed by atoms with Crippen LogP contribution in [0.3, 0.4) is 0 Å². The van der Waals surface area contributed by atoms with Crippen LogP contribution in [0.2, 0.25) is 0 Å². The molecule has 1 aliphatic heterocycles. The molecule has 1 rings (SSSR count). The van der Waals surface area contributed by atoms with Gasteiger partial charge in [0.25, 0.3) is 0 Å². The van der Waals surface area contributed by atoms with Crippen molar-refractivity contribution in [2.45, 2.75) is 25.8 Å². The van der Waals surface area contributed by atoms with E-state index in [0.717, 1.165) is 12.8 Å². The summed E-state index contributed by atoms with van der Waals surface area (Å²) in [7, 11) is 0. The quantitative estimate of drug-likeness (QED) is 0.453. The third-order valence-electron chi connectivity index (χ3n) is 2.44. The minimum atomic E-state index is -0.170. The van der Waals surface area contributed by atoms with Gasteiger partial charge in [0.1, 0.15) is 6.54 Å². The monoisotopic (exact) mass is 145 g/mol. The van der Waals surface area contributed by atoms with Gasteiger partial charge in [0.05, 0.1) is 19.2 Å². The van der Waals surface area contributed by atoms with Crippen molar-refractivity contribution in [1.29, 1.82) is 0 Å². The van der Waals surface area contributed by atoms with Crippen LogP contribution in [0.25, 0.3) is 0 Å². The maximum absolute atomic E-state index is 11.6. The number of hydroxylamine groups is 3. The third kappa shape index (κ3) is 1.31. The van der Waals surface area contributed by atoms with E-state index < -0.39 is 0 Å². The van der Waals surface area contributed by atoms with Crippen LogP contribution in [0.4, 0.5) is 0 Å². The Labute approximate surface area is 61.4 Å². The van der Waals surface area contributed by atoms with Crippen LogP contribution in [0.1, 0.15) is 19.8 Å². The summed E-state index contributed by atoms with van der Waals surface area (Å²) in [4.78, 5) is 0. The highest BCUT2D eigenvalue weighted by atomic mass is 16.6. The van der Waals surface area contributed by atoms with Gasteiger partial charge < -0.3 is 15.0 Å².